The molecule has 0 fully saturated rings. The number of cyclic esters (lactones) is 1. The molecule has 0 amide bonds. The van der Waals surface area contributed by atoms with Crippen molar-refractivity contribution in [3.8, 4) is 11.5 Å². The second-order valence-corrected chi connectivity index (χ2v) is 5.77. The van der Waals surface area contributed by atoms with Gasteiger partial charge in [0.1, 0.15) is 17.3 Å². The molecule has 0 unspecified atom stereocenters. The maximum atomic E-state index is 11.7. The lowest BCUT2D eigenvalue weighted by molar-refractivity contribution is -0.132. The van der Waals surface area contributed by atoms with Crippen LogP contribution in [-0.4, -0.2) is 17.9 Å². The summed E-state index contributed by atoms with van der Waals surface area (Å²) in [6, 6.07) is 13.6. The van der Waals surface area contributed by atoms with Gasteiger partial charge < -0.3 is 14.2 Å². The summed E-state index contributed by atoms with van der Waals surface area (Å²) < 4.78 is 15.3. The van der Waals surface area contributed by atoms with Gasteiger partial charge >= 0.3 is 17.9 Å². The molecule has 2 aromatic carbocycles. The fourth-order valence-electron chi connectivity index (χ4n) is 2.53. The largest absolute Gasteiger partial charge is 0.427 e. The Balaban J connectivity index is 1.84. The third-order valence-corrected chi connectivity index (χ3v) is 3.60. The van der Waals surface area contributed by atoms with Gasteiger partial charge in [0.25, 0.3) is 0 Å². The summed E-state index contributed by atoms with van der Waals surface area (Å²) in [6.45, 7) is 2.66. The van der Waals surface area contributed by atoms with E-state index in [2.05, 4.69) is 0 Å². The monoisotopic (exact) mass is 364 g/mol. The second kappa shape index (κ2) is 7.70. The first-order chi connectivity index (χ1) is 12.9. The first-order valence-corrected chi connectivity index (χ1v) is 8.13. The van der Waals surface area contributed by atoms with Crippen molar-refractivity contribution in [1.29, 1.82) is 0 Å². The molecule has 136 valence electrons. The van der Waals surface area contributed by atoms with E-state index in [1.807, 2.05) is 0 Å². The van der Waals surface area contributed by atoms with Crippen LogP contribution in [-0.2, 0) is 19.1 Å². The normalized spacial score (nSPS) is 14.5. The van der Waals surface area contributed by atoms with Gasteiger partial charge in [0.2, 0.25) is 0 Å². The number of benzene rings is 2. The van der Waals surface area contributed by atoms with Gasteiger partial charge in [0, 0.05) is 25.5 Å². The highest BCUT2D eigenvalue weighted by Crippen LogP contribution is 2.32. The van der Waals surface area contributed by atoms with Gasteiger partial charge in [-0.1, -0.05) is 24.3 Å². The number of hydrogen-bond acceptors (Lipinski definition) is 6. The Kier molecular flexibility index (Phi) is 5.17. The number of carbonyl (C=O) groups excluding carboxylic acids is 3. The van der Waals surface area contributed by atoms with E-state index in [1.54, 1.807) is 54.6 Å². The van der Waals surface area contributed by atoms with Crippen molar-refractivity contribution in [3.05, 3.63) is 71.5 Å². The van der Waals surface area contributed by atoms with E-state index in [9.17, 15) is 14.4 Å². The van der Waals surface area contributed by atoms with Crippen LogP contribution in [0.25, 0.3) is 11.6 Å². The minimum Gasteiger partial charge on any atom is -0.427 e. The summed E-state index contributed by atoms with van der Waals surface area (Å²) in [6.07, 6.45) is 3.12. The Labute approximate surface area is 155 Å². The molecule has 1 aliphatic heterocycles. The first-order valence-electron chi connectivity index (χ1n) is 8.13. The van der Waals surface area contributed by atoms with Crippen LogP contribution >= 0.6 is 0 Å². The van der Waals surface area contributed by atoms with Crippen LogP contribution in [0.1, 0.15) is 25.0 Å². The highest BCUT2D eigenvalue weighted by atomic mass is 16.5. The molecule has 0 saturated carbocycles. The van der Waals surface area contributed by atoms with E-state index in [4.69, 9.17) is 14.2 Å². The number of rotatable bonds is 4. The zero-order valence-electron chi connectivity index (χ0n) is 14.7. The molecule has 27 heavy (non-hydrogen) atoms. The average Bonchev–Trinajstić information content (AvgIpc) is 2.97. The number of ether oxygens (including phenoxy) is 3. The van der Waals surface area contributed by atoms with E-state index in [0.29, 0.717) is 22.8 Å². The van der Waals surface area contributed by atoms with Crippen molar-refractivity contribution in [2.24, 2.45) is 0 Å². The zero-order valence-corrected chi connectivity index (χ0v) is 14.7. The quantitative estimate of drug-likeness (QED) is 0.610. The lowest BCUT2D eigenvalue weighted by Crippen LogP contribution is -2.01. The molecule has 0 spiro atoms. The Hall–Kier alpha value is -3.67. The van der Waals surface area contributed by atoms with Gasteiger partial charge in [-0.05, 0) is 41.5 Å². The van der Waals surface area contributed by atoms with Crippen LogP contribution < -0.4 is 9.47 Å². The van der Waals surface area contributed by atoms with Crippen molar-refractivity contribution >= 4 is 29.6 Å². The standard InChI is InChI=1S/C21H16O6/c1-13(22)25-17-7-3-15(4-8-17)11-20-19(12-21(24)27-20)16-5-9-18(10-6-16)26-14(2)23/h3-12H,1-2H3/b20-11-. The van der Waals surface area contributed by atoms with Crippen LogP contribution in [0.5, 0.6) is 11.5 Å². The number of carbonyl (C=O) groups is 3. The third-order valence-electron chi connectivity index (χ3n) is 3.60. The SMILES string of the molecule is CC(=O)Oc1ccc(/C=C2\OC(=O)C=C2c2ccc(OC(C)=O)cc2)cc1. The molecule has 1 aliphatic rings. The van der Waals surface area contributed by atoms with Crippen LogP contribution in [0.15, 0.2) is 60.4 Å². The summed E-state index contributed by atoms with van der Waals surface area (Å²) in [5.41, 5.74) is 2.15. The first kappa shape index (κ1) is 18.1. The molecule has 6 heteroatoms. The van der Waals surface area contributed by atoms with Crippen molar-refractivity contribution in [2.45, 2.75) is 13.8 Å². The molecule has 0 atom stereocenters. The van der Waals surface area contributed by atoms with Crippen LogP contribution in [0.4, 0.5) is 0 Å². The summed E-state index contributed by atoms with van der Waals surface area (Å²) in [7, 11) is 0. The Morgan fingerprint density at radius 3 is 1.89 bits per heavy atom. The number of allylic oxidation sites excluding steroid dienone is 1. The summed E-state index contributed by atoms with van der Waals surface area (Å²) in [4.78, 5) is 33.7. The number of esters is 3. The molecule has 3 rings (SSSR count). The highest BCUT2D eigenvalue weighted by molar-refractivity contribution is 6.03. The molecule has 0 bridgehead atoms. The molecule has 0 saturated heterocycles. The fraction of sp³-hybridized carbons (Fsp3) is 0.0952. The molecule has 1 heterocycles. The van der Waals surface area contributed by atoms with E-state index in [1.165, 1.54) is 19.9 Å². The molecule has 0 radical (unpaired) electrons. The average molecular weight is 364 g/mol. The van der Waals surface area contributed by atoms with Crippen molar-refractivity contribution in [2.75, 3.05) is 0 Å². The van der Waals surface area contributed by atoms with Crippen LogP contribution in [0, 0.1) is 0 Å². The Morgan fingerprint density at radius 1 is 0.852 bits per heavy atom. The van der Waals surface area contributed by atoms with Crippen molar-refractivity contribution in [3.63, 3.8) is 0 Å². The van der Waals surface area contributed by atoms with Gasteiger partial charge in [-0.15, -0.1) is 0 Å². The number of hydrogen-bond donors (Lipinski definition) is 0. The second-order valence-electron chi connectivity index (χ2n) is 5.77. The molecule has 6 nitrogen and oxygen atoms in total. The maximum Gasteiger partial charge on any atom is 0.336 e. The molecule has 2 aromatic rings. The molecule has 0 aliphatic carbocycles. The predicted molar refractivity (Wildman–Crippen MR) is 97.5 cm³/mol. The topological polar surface area (TPSA) is 78.9 Å². The van der Waals surface area contributed by atoms with E-state index in [-0.39, 0.29) is 0 Å². The van der Waals surface area contributed by atoms with Gasteiger partial charge in [-0.3, -0.25) is 9.59 Å². The van der Waals surface area contributed by atoms with Crippen LogP contribution in [0.3, 0.4) is 0 Å². The lowest BCUT2D eigenvalue weighted by atomic mass is 10.0. The van der Waals surface area contributed by atoms with Crippen molar-refractivity contribution < 1.29 is 28.6 Å². The van der Waals surface area contributed by atoms with Gasteiger partial charge in [0.15, 0.2) is 0 Å². The van der Waals surface area contributed by atoms with Gasteiger partial charge in [-0.2, -0.15) is 0 Å². The fourth-order valence-corrected chi connectivity index (χ4v) is 2.53. The van der Waals surface area contributed by atoms with Crippen molar-refractivity contribution in [1.82, 2.24) is 0 Å². The summed E-state index contributed by atoms with van der Waals surface area (Å²) >= 11 is 0. The minimum atomic E-state index is -0.461. The molecular weight excluding hydrogens is 348 g/mol. The Bertz CT molecular complexity index is 949. The van der Waals surface area contributed by atoms with Gasteiger partial charge in [-0.25, -0.2) is 4.79 Å². The highest BCUT2D eigenvalue weighted by Gasteiger charge is 2.21. The minimum absolute atomic E-state index is 0.395. The van der Waals surface area contributed by atoms with Crippen LogP contribution in [0.2, 0.25) is 0 Å². The van der Waals surface area contributed by atoms with E-state index in [0.717, 1.165) is 11.1 Å². The summed E-state index contributed by atoms with van der Waals surface area (Å²) in [5, 5.41) is 0. The van der Waals surface area contributed by atoms with E-state index < -0.39 is 17.9 Å². The van der Waals surface area contributed by atoms with E-state index >= 15 is 0 Å². The molecule has 0 N–H and O–H groups in total. The predicted octanol–water partition coefficient (Wildman–Crippen LogP) is 3.52. The van der Waals surface area contributed by atoms with Gasteiger partial charge in [0.05, 0.1) is 0 Å². The smallest absolute Gasteiger partial charge is 0.336 e. The lowest BCUT2D eigenvalue weighted by Gasteiger charge is -2.07. The zero-order chi connectivity index (χ0) is 19.4. The Morgan fingerprint density at radius 2 is 1.37 bits per heavy atom. The molecule has 0 aromatic heterocycles. The molecular formula is C21H16O6. The third kappa shape index (κ3) is 4.70. The summed E-state index contributed by atoms with van der Waals surface area (Å²) in [5.74, 6) is -0.00161. The maximum absolute atomic E-state index is 11.7.